The molecular weight excluding hydrogens is 332 g/mol. The first kappa shape index (κ1) is 14.7. The summed E-state index contributed by atoms with van der Waals surface area (Å²) in [6.07, 6.45) is 3.12. The lowest BCUT2D eigenvalue weighted by molar-refractivity contribution is -0.130. The third-order valence-electron chi connectivity index (χ3n) is 6.03. The Morgan fingerprint density at radius 3 is 2.57 bits per heavy atom. The van der Waals surface area contributed by atoms with Gasteiger partial charge in [0.1, 0.15) is 5.82 Å². The van der Waals surface area contributed by atoms with Crippen LogP contribution in [0.4, 0.5) is 5.82 Å². The van der Waals surface area contributed by atoms with Gasteiger partial charge in [0.15, 0.2) is 5.78 Å². The highest BCUT2D eigenvalue weighted by molar-refractivity contribution is 9.10. The molecule has 4 nitrogen and oxygen atoms in total. The molecule has 2 saturated carbocycles. The van der Waals surface area contributed by atoms with Gasteiger partial charge >= 0.3 is 0 Å². The van der Waals surface area contributed by atoms with Crippen LogP contribution < -0.4 is 5.32 Å². The van der Waals surface area contributed by atoms with Crippen molar-refractivity contribution in [3.8, 4) is 0 Å². The topological polar surface area (TPSA) is 59.1 Å². The van der Waals surface area contributed by atoms with E-state index >= 15 is 0 Å². The number of Topliss-reactive ketones (excluding diaryl/α,β-unsaturated/α-hetero) is 1. The molecule has 0 aromatic carbocycles. The maximum atomic E-state index is 13.0. The molecule has 0 spiro atoms. The van der Waals surface area contributed by atoms with E-state index < -0.39 is 15.7 Å². The minimum absolute atomic E-state index is 0.109. The predicted molar refractivity (Wildman–Crippen MR) is 84.1 cm³/mol. The van der Waals surface area contributed by atoms with Crippen LogP contribution in [0.15, 0.2) is 24.4 Å². The van der Waals surface area contributed by atoms with Gasteiger partial charge in [0.05, 0.1) is 10.2 Å². The molecule has 3 unspecified atom stereocenters. The largest absolute Gasteiger partial charge is 0.310 e. The zero-order chi connectivity index (χ0) is 15.5. The summed E-state index contributed by atoms with van der Waals surface area (Å²) < 4.78 is 0. The first-order chi connectivity index (χ1) is 9.77. The number of pyridine rings is 1. The highest BCUT2D eigenvalue weighted by Gasteiger charge is 2.76. The van der Waals surface area contributed by atoms with Crippen molar-refractivity contribution in [2.75, 3.05) is 5.32 Å². The van der Waals surface area contributed by atoms with Gasteiger partial charge in [-0.1, -0.05) is 42.8 Å². The first-order valence-corrected chi connectivity index (χ1v) is 8.10. The zero-order valence-corrected chi connectivity index (χ0v) is 14.0. The number of nitrogens with zero attached hydrogens (tertiary/aromatic N) is 1. The van der Waals surface area contributed by atoms with Crippen LogP contribution in [-0.2, 0) is 9.59 Å². The number of carbonyl (C=O) groups excluding carboxylic acids is 2. The lowest BCUT2D eigenvalue weighted by Gasteiger charge is -2.39. The average Bonchev–Trinajstić information content (AvgIpc) is 2.72. The second kappa shape index (κ2) is 4.38. The number of amides is 1. The molecule has 5 heteroatoms. The van der Waals surface area contributed by atoms with Gasteiger partial charge in [-0.2, -0.15) is 0 Å². The third-order valence-corrected chi connectivity index (χ3v) is 7.23. The van der Waals surface area contributed by atoms with Crippen molar-refractivity contribution in [1.82, 2.24) is 4.98 Å². The molecular formula is C16H19BrN2O2. The number of alkyl halides is 1. The summed E-state index contributed by atoms with van der Waals surface area (Å²) >= 11 is 3.51. The number of rotatable bonds is 2. The van der Waals surface area contributed by atoms with E-state index in [-0.39, 0.29) is 17.1 Å². The van der Waals surface area contributed by atoms with E-state index in [1.165, 1.54) is 0 Å². The molecule has 112 valence electrons. The second-order valence-corrected chi connectivity index (χ2v) is 7.74. The van der Waals surface area contributed by atoms with E-state index in [0.717, 1.165) is 12.8 Å². The molecule has 0 aliphatic heterocycles. The molecule has 0 radical (unpaired) electrons. The lowest BCUT2D eigenvalue weighted by atomic mass is 9.64. The molecule has 21 heavy (non-hydrogen) atoms. The normalized spacial score (nSPS) is 36.8. The number of hydrogen-bond donors (Lipinski definition) is 1. The Kier molecular flexibility index (Phi) is 3.07. The summed E-state index contributed by atoms with van der Waals surface area (Å²) in [4.78, 5) is 29.3. The smallest absolute Gasteiger partial charge is 0.233 e. The number of carbonyl (C=O) groups is 2. The Labute approximate surface area is 132 Å². The third kappa shape index (κ3) is 1.58. The van der Waals surface area contributed by atoms with Gasteiger partial charge in [-0.05, 0) is 30.4 Å². The van der Waals surface area contributed by atoms with Crippen molar-refractivity contribution in [1.29, 1.82) is 0 Å². The summed E-state index contributed by atoms with van der Waals surface area (Å²) in [6, 6.07) is 5.39. The van der Waals surface area contributed by atoms with E-state index in [0.29, 0.717) is 5.82 Å². The van der Waals surface area contributed by atoms with Crippen LogP contribution in [0.2, 0.25) is 0 Å². The molecule has 2 bridgehead atoms. The van der Waals surface area contributed by atoms with Crippen LogP contribution >= 0.6 is 15.9 Å². The summed E-state index contributed by atoms with van der Waals surface area (Å²) in [5.74, 6) is 0.567. The van der Waals surface area contributed by atoms with Crippen molar-refractivity contribution < 1.29 is 9.59 Å². The quantitative estimate of drug-likeness (QED) is 0.833. The Morgan fingerprint density at radius 1 is 1.33 bits per heavy atom. The molecule has 0 saturated heterocycles. The van der Waals surface area contributed by atoms with Gasteiger partial charge in [-0.3, -0.25) is 9.59 Å². The molecule has 2 fully saturated rings. The number of anilines is 1. The molecule has 1 amide bonds. The highest BCUT2D eigenvalue weighted by atomic mass is 79.9. The first-order valence-electron chi connectivity index (χ1n) is 7.18. The summed E-state index contributed by atoms with van der Waals surface area (Å²) in [5.41, 5.74) is -1.54. The van der Waals surface area contributed by atoms with E-state index in [4.69, 9.17) is 0 Å². The highest BCUT2D eigenvalue weighted by Crippen LogP contribution is 2.72. The fourth-order valence-electron chi connectivity index (χ4n) is 4.12. The summed E-state index contributed by atoms with van der Waals surface area (Å²) in [6.45, 7) is 6.07. The van der Waals surface area contributed by atoms with E-state index in [2.05, 4.69) is 26.2 Å². The molecule has 2 aliphatic rings. The van der Waals surface area contributed by atoms with Crippen molar-refractivity contribution in [3.63, 3.8) is 0 Å². The van der Waals surface area contributed by atoms with E-state index in [9.17, 15) is 9.59 Å². The van der Waals surface area contributed by atoms with Crippen LogP contribution in [0.25, 0.3) is 0 Å². The maximum absolute atomic E-state index is 13.0. The molecule has 2 aliphatic carbocycles. The van der Waals surface area contributed by atoms with Crippen LogP contribution in [0.5, 0.6) is 0 Å². The van der Waals surface area contributed by atoms with Crippen molar-refractivity contribution in [3.05, 3.63) is 24.4 Å². The molecule has 1 aromatic rings. The van der Waals surface area contributed by atoms with Crippen molar-refractivity contribution in [2.45, 2.75) is 38.4 Å². The van der Waals surface area contributed by atoms with Crippen LogP contribution in [-0.4, -0.2) is 21.5 Å². The van der Waals surface area contributed by atoms with Gasteiger partial charge in [-0.25, -0.2) is 4.98 Å². The number of aromatic nitrogens is 1. The molecule has 3 rings (SSSR count). The monoisotopic (exact) mass is 350 g/mol. The number of halogens is 1. The Bertz CT molecular complexity index is 616. The minimum atomic E-state index is -0.712. The Balaban J connectivity index is 2.00. The van der Waals surface area contributed by atoms with Crippen LogP contribution in [0.3, 0.4) is 0 Å². The Hall–Kier alpha value is -1.23. The SMILES string of the molecule is CC12CCC(C(=O)Nc3ccccn3)(C(Br)C1=O)C2(C)C. The van der Waals surface area contributed by atoms with Gasteiger partial charge in [0, 0.05) is 11.6 Å². The Morgan fingerprint density at radius 2 is 2.05 bits per heavy atom. The van der Waals surface area contributed by atoms with Crippen LogP contribution in [0, 0.1) is 16.2 Å². The lowest BCUT2D eigenvalue weighted by Crippen LogP contribution is -2.48. The standard InChI is InChI=1S/C16H19BrN2O2/c1-14(2)15(3)7-8-16(14,11(17)12(15)20)13(21)19-10-6-4-5-9-18-10/h4-6,9,11H,7-8H2,1-3H3,(H,18,19,21). The van der Waals surface area contributed by atoms with Gasteiger partial charge in [0.2, 0.25) is 5.91 Å². The number of fused-ring (bicyclic) bond motifs is 2. The molecule has 1 heterocycles. The fraction of sp³-hybridized carbons (Fsp3) is 0.562. The van der Waals surface area contributed by atoms with Crippen molar-refractivity contribution >= 4 is 33.4 Å². The van der Waals surface area contributed by atoms with E-state index in [1.807, 2.05) is 26.8 Å². The summed E-state index contributed by atoms with van der Waals surface area (Å²) in [5, 5.41) is 2.89. The fourth-order valence-corrected chi connectivity index (χ4v) is 5.63. The maximum Gasteiger partial charge on any atom is 0.233 e. The van der Waals surface area contributed by atoms with Gasteiger partial charge in [-0.15, -0.1) is 0 Å². The predicted octanol–water partition coefficient (Wildman–Crippen LogP) is 3.18. The average molecular weight is 351 g/mol. The molecule has 1 aromatic heterocycles. The minimum Gasteiger partial charge on any atom is -0.310 e. The molecule has 3 atom stereocenters. The van der Waals surface area contributed by atoms with Gasteiger partial charge < -0.3 is 5.32 Å². The zero-order valence-electron chi connectivity index (χ0n) is 12.4. The number of nitrogens with one attached hydrogen (secondary N) is 1. The molecule has 1 N–H and O–H groups in total. The van der Waals surface area contributed by atoms with Crippen LogP contribution in [0.1, 0.15) is 33.6 Å². The number of ketones is 1. The number of hydrogen-bond acceptors (Lipinski definition) is 3. The van der Waals surface area contributed by atoms with Gasteiger partial charge in [0.25, 0.3) is 0 Å². The summed E-state index contributed by atoms with van der Waals surface area (Å²) in [7, 11) is 0. The second-order valence-electron chi connectivity index (χ2n) is 6.82. The van der Waals surface area contributed by atoms with Crippen molar-refractivity contribution in [2.24, 2.45) is 16.2 Å². The van der Waals surface area contributed by atoms with E-state index in [1.54, 1.807) is 18.3 Å².